The third-order valence-electron chi connectivity index (χ3n) is 3.56. The lowest BCUT2D eigenvalue weighted by Gasteiger charge is -2.28. The quantitative estimate of drug-likeness (QED) is 0.808. The van der Waals surface area contributed by atoms with E-state index in [0.29, 0.717) is 18.0 Å². The Balaban J connectivity index is 1.96. The molecule has 0 fully saturated rings. The highest BCUT2D eigenvalue weighted by Gasteiger charge is 2.30. The summed E-state index contributed by atoms with van der Waals surface area (Å²) >= 11 is 4.82. The molecule has 0 aliphatic carbocycles. The van der Waals surface area contributed by atoms with E-state index in [1.54, 1.807) is 10.4 Å². The minimum Gasteiger partial charge on any atom is -0.207 e. The number of benzene rings is 1. The van der Waals surface area contributed by atoms with Gasteiger partial charge < -0.3 is 0 Å². The third kappa shape index (κ3) is 2.45. The van der Waals surface area contributed by atoms with Crippen LogP contribution in [0.5, 0.6) is 0 Å². The van der Waals surface area contributed by atoms with Gasteiger partial charge in [-0.3, -0.25) is 0 Å². The molecule has 1 aromatic carbocycles. The molecule has 2 heterocycles. The molecule has 1 aliphatic rings. The van der Waals surface area contributed by atoms with Gasteiger partial charge in [0, 0.05) is 18.0 Å². The van der Waals surface area contributed by atoms with Gasteiger partial charge in [0.15, 0.2) is 0 Å². The number of hydrogen-bond donors (Lipinski definition) is 0. The minimum atomic E-state index is -3.40. The standard InChI is InChI=1S/C14H14BrNO2S2/c1-10-13(8-14(15)19-10)20(17,18)16-7-6-11-4-2-3-5-12(11)9-16/h2-5,8H,6-7,9H2,1H3. The molecule has 2 aromatic rings. The summed E-state index contributed by atoms with van der Waals surface area (Å²) in [6.07, 6.45) is 0.778. The van der Waals surface area contributed by atoms with Crippen molar-refractivity contribution in [2.75, 3.05) is 6.54 Å². The summed E-state index contributed by atoms with van der Waals surface area (Å²) < 4.78 is 27.9. The van der Waals surface area contributed by atoms with Gasteiger partial charge in [0.05, 0.1) is 8.68 Å². The van der Waals surface area contributed by atoms with Crippen LogP contribution in [-0.2, 0) is 23.0 Å². The zero-order valence-corrected chi connectivity index (χ0v) is 14.2. The number of fused-ring (bicyclic) bond motifs is 1. The number of rotatable bonds is 2. The molecule has 0 radical (unpaired) electrons. The summed E-state index contributed by atoms with van der Waals surface area (Å²) in [6, 6.07) is 9.75. The summed E-state index contributed by atoms with van der Waals surface area (Å²) in [6.45, 7) is 2.86. The van der Waals surface area contributed by atoms with Gasteiger partial charge in [-0.25, -0.2) is 8.42 Å². The first-order valence-corrected chi connectivity index (χ1v) is 9.36. The van der Waals surface area contributed by atoms with Gasteiger partial charge in [0.1, 0.15) is 0 Å². The molecule has 3 nitrogen and oxygen atoms in total. The first kappa shape index (κ1) is 14.3. The van der Waals surface area contributed by atoms with E-state index in [2.05, 4.69) is 22.0 Å². The van der Waals surface area contributed by atoms with Crippen LogP contribution in [0.1, 0.15) is 16.0 Å². The van der Waals surface area contributed by atoms with Crippen LogP contribution in [0.15, 0.2) is 39.0 Å². The van der Waals surface area contributed by atoms with Crippen molar-refractivity contribution >= 4 is 37.3 Å². The Morgan fingerprint density at radius 2 is 1.95 bits per heavy atom. The maximum Gasteiger partial charge on any atom is 0.244 e. The van der Waals surface area contributed by atoms with Gasteiger partial charge in [0.2, 0.25) is 10.0 Å². The average molecular weight is 372 g/mol. The second-order valence-corrected chi connectivity index (χ2v) is 9.37. The number of sulfonamides is 1. The Bertz CT molecular complexity index is 752. The van der Waals surface area contributed by atoms with Crippen molar-refractivity contribution in [3.63, 3.8) is 0 Å². The monoisotopic (exact) mass is 371 g/mol. The van der Waals surface area contributed by atoms with E-state index in [0.717, 1.165) is 20.6 Å². The summed E-state index contributed by atoms with van der Waals surface area (Å²) in [7, 11) is -3.40. The molecule has 106 valence electrons. The van der Waals surface area contributed by atoms with Crippen molar-refractivity contribution in [1.29, 1.82) is 0 Å². The number of hydrogen-bond acceptors (Lipinski definition) is 3. The summed E-state index contributed by atoms with van der Waals surface area (Å²) in [5, 5.41) is 0. The summed E-state index contributed by atoms with van der Waals surface area (Å²) in [4.78, 5) is 1.25. The topological polar surface area (TPSA) is 37.4 Å². The van der Waals surface area contributed by atoms with Gasteiger partial charge in [-0.15, -0.1) is 11.3 Å². The molecule has 0 bridgehead atoms. The van der Waals surface area contributed by atoms with E-state index < -0.39 is 10.0 Å². The van der Waals surface area contributed by atoms with Crippen LogP contribution >= 0.6 is 27.3 Å². The molecule has 20 heavy (non-hydrogen) atoms. The van der Waals surface area contributed by atoms with Crippen LogP contribution in [-0.4, -0.2) is 19.3 Å². The van der Waals surface area contributed by atoms with Crippen molar-refractivity contribution in [1.82, 2.24) is 4.31 Å². The Morgan fingerprint density at radius 3 is 2.60 bits per heavy atom. The van der Waals surface area contributed by atoms with E-state index >= 15 is 0 Å². The lowest BCUT2D eigenvalue weighted by atomic mass is 10.0. The lowest BCUT2D eigenvalue weighted by molar-refractivity contribution is 0.391. The van der Waals surface area contributed by atoms with E-state index in [1.807, 2.05) is 25.1 Å². The second kappa shape index (κ2) is 5.26. The molecule has 0 saturated heterocycles. The van der Waals surface area contributed by atoms with Crippen LogP contribution in [0.2, 0.25) is 0 Å². The first-order chi connectivity index (χ1) is 9.48. The SMILES string of the molecule is Cc1sc(Br)cc1S(=O)(=O)N1CCc2ccccc2C1. The molecule has 0 N–H and O–H groups in total. The molecule has 0 unspecified atom stereocenters. The molecule has 0 saturated carbocycles. The highest BCUT2D eigenvalue weighted by atomic mass is 79.9. The molecule has 1 aliphatic heterocycles. The second-order valence-electron chi connectivity index (χ2n) is 4.83. The fraction of sp³-hybridized carbons (Fsp3) is 0.286. The normalized spacial score (nSPS) is 16.1. The fourth-order valence-corrected chi connectivity index (χ4v) is 6.30. The summed E-state index contributed by atoms with van der Waals surface area (Å²) in [5.74, 6) is 0. The fourth-order valence-electron chi connectivity index (χ4n) is 2.50. The molecule has 0 amide bonds. The Kier molecular flexibility index (Phi) is 3.75. The highest BCUT2D eigenvalue weighted by molar-refractivity contribution is 9.11. The van der Waals surface area contributed by atoms with Gasteiger partial charge >= 0.3 is 0 Å². The van der Waals surface area contributed by atoms with Gasteiger partial charge in [-0.2, -0.15) is 4.31 Å². The molecule has 6 heteroatoms. The predicted octanol–water partition coefficient (Wildman–Crippen LogP) is 3.57. The Labute approximate surface area is 131 Å². The smallest absolute Gasteiger partial charge is 0.207 e. The van der Waals surface area contributed by atoms with Crippen LogP contribution in [0.3, 0.4) is 0 Å². The first-order valence-electron chi connectivity index (χ1n) is 6.31. The van der Waals surface area contributed by atoms with E-state index in [1.165, 1.54) is 16.9 Å². The molecule has 1 aromatic heterocycles. The third-order valence-corrected chi connectivity index (χ3v) is 7.21. The van der Waals surface area contributed by atoms with E-state index in [4.69, 9.17) is 0 Å². The van der Waals surface area contributed by atoms with Gasteiger partial charge in [-0.05, 0) is 46.5 Å². The van der Waals surface area contributed by atoms with Gasteiger partial charge in [-0.1, -0.05) is 24.3 Å². The number of thiophene rings is 1. The Morgan fingerprint density at radius 1 is 1.25 bits per heavy atom. The zero-order valence-electron chi connectivity index (χ0n) is 11.0. The largest absolute Gasteiger partial charge is 0.244 e. The highest BCUT2D eigenvalue weighted by Crippen LogP contribution is 2.33. The lowest BCUT2D eigenvalue weighted by Crippen LogP contribution is -2.36. The van der Waals surface area contributed by atoms with Crippen molar-refractivity contribution < 1.29 is 8.42 Å². The van der Waals surface area contributed by atoms with Crippen molar-refractivity contribution in [3.05, 3.63) is 50.1 Å². The number of halogens is 1. The van der Waals surface area contributed by atoms with E-state index in [-0.39, 0.29) is 0 Å². The molecule has 0 spiro atoms. The van der Waals surface area contributed by atoms with Crippen LogP contribution in [0.4, 0.5) is 0 Å². The van der Waals surface area contributed by atoms with Crippen molar-refractivity contribution in [3.8, 4) is 0 Å². The maximum absolute atomic E-state index is 12.7. The van der Waals surface area contributed by atoms with Crippen molar-refractivity contribution in [2.24, 2.45) is 0 Å². The number of aryl methyl sites for hydroxylation is 1. The van der Waals surface area contributed by atoms with Crippen LogP contribution in [0, 0.1) is 6.92 Å². The van der Waals surface area contributed by atoms with E-state index in [9.17, 15) is 8.42 Å². The minimum absolute atomic E-state index is 0.425. The van der Waals surface area contributed by atoms with Crippen LogP contribution < -0.4 is 0 Å². The zero-order chi connectivity index (χ0) is 14.3. The number of nitrogens with zero attached hydrogens (tertiary/aromatic N) is 1. The van der Waals surface area contributed by atoms with Crippen molar-refractivity contribution in [2.45, 2.75) is 24.8 Å². The Hall–Kier alpha value is -0.690. The maximum atomic E-state index is 12.7. The molecular weight excluding hydrogens is 358 g/mol. The molecular formula is C14H14BrNO2S2. The molecule has 3 rings (SSSR count). The predicted molar refractivity (Wildman–Crippen MR) is 84.5 cm³/mol. The van der Waals surface area contributed by atoms with Gasteiger partial charge in [0.25, 0.3) is 0 Å². The average Bonchev–Trinajstić information content (AvgIpc) is 2.78. The molecule has 0 atom stereocenters. The summed E-state index contributed by atoms with van der Waals surface area (Å²) in [5.41, 5.74) is 2.36. The van der Waals surface area contributed by atoms with Crippen LogP contribution in [0.25, 0.3) is 0 Å².